The highest BCUT2D eigenvalue weighted by Crippen LogP contribution is 2.23. The number of nitrogens with one attached hydrogen (secondary N) is 2. The van der Waals surface area contributed by atoms with Gasteiger partial charge in [0.1, 0.15) is 0 Å². The summed E-state index contributed by atoms with van der Waals surface area (Å²) in [5.74, 6) is 1.79. The number of aryl methyl sites for hydroxylation is 1. The maximum atomic E-state index is 12.1. The Balaban J connectivity index is 0.00000176. The van der Waals surface area contributed by atoms with Crippen molar-refractivity contribution in [3.05, 3.63) is 17.7 Å². The van der Waals surface area contributed by atoms with E-state index in [0.29, 0.717) is 24.2 Å². The molecule has 0 aromatic carbocycles. The fourth-order valence-electron chi connectivity index (χ4n) is 2.65. The molecular formula is C14H22ClN5O2. The average Bonchev–Trinajstić information content (AvgIpc) is 2.90. The molecular weight excluding hydrogens is 306 g/mol. The van der Waals surface area contributed by atoms with Crippen LogP contribution in [0.5, 0.6) is 0 Å². The molecule has 0 aliphatic carbocycles. The predicted molar refractivity (Wildman–Crippen MR) is 85.0 cm³/mol. The van der Waals surface area contributed by atoms with Crippen molar-refractivity contribution in [2.75, 3.05) is 25.0 Å². The van der Waals surface area contributed by atoms with Gasteiger partial charge in [-0.1, -0.05) is 0 Å². The van der Waals surface area contributed by atoms with Crippen molar-refractivity contribution in [2.24, 2.45) is 7.05 Å². The molecule has 3 rings (SSSR count). The summed E-state index contributed by atoms with van der Waals surface area (Å²) in [6.45, 7) is 2.58. The molecule has 1 fully saturated rings. The maximum Gasteiger partial charge on any atom is 0.292 e. The van der Waals surface area contributed by atoms with Gasteiger partial charge in [-0.15, -0.1) is 12.4 Å². The first kappa shape index (κ1) is 16.8. The number of hydrogen-bond acceptors (Lipinski definition) is 5. The van der Waals surface area contributed by atoms with E-state index in [1.54, 1.807) is 11.7 Å². The highest BCUT2D eigenvalue weighted by atomic mass is 35.5. The molecule has 0 atom stereocenters. The van der Waals surface area contributed by atoms with Crippen LogP contribution in [-0.4, -0.2) is 40.4 Å². The molecule has 1 aromatic rings. The van der Waals surface area contributed by atoms with Gasteiger partial charge in [0.25, 0.3) is 5.91 Å². The quantitative estimate of drug-likeness (QED) is 0.875. The second-order valence-corrected chi connectivity index (χ2v) is 5.45. The first-order valence-electron chi connectivity index (χ1n) is 7.50. The second-order valence-electron chi connectivity index (χ2n) is 5.45. The van der Waals surface area contributed by atoms with E-state index in [1.807, 2.05) is 6.08 Å². The number of halogens is 1. The first-order chi connectivity index (χ1) is 10.2. The number of hydrogen-bond donors (Lipinski definition) is 2. The first-order valence-corrected chi connectivity index (χ1v) is 7.50. The van der Waals surface area contributed by atoms with Gasteiger partial charge in [0.2, 0.25) is 5.95 Å². The average molecular weight is 328 g/mol. The van der Waals surface area contributed by atoms with Gasteiger partial charge in [0.05, 0.1) is 6.61 Å². The molecule has 2 aliphatic heterocycles. The van der Waals surface area contributed by atoms with E-state index in [2.05, 4.69) is 20.7 Å². The van der Waals surface area contributed by atoms with Crippen LogP contribution in [0, 0.1) is 0 Å². The van der Waals surface area contributed by atoms with Crippen LogP contribution in [0.4, 0.5) is 5.95 Å². The lowest BCUT2D eigenvalue weighted by molar-refractivity contribution is -0.116. The molecule has 0 saturated carbocycles. The van der Waals surface area contributed by atoms with E-state index < -0.39 is 0 Å². The van der Waals surface area contributed by atoms with Crippen molar-refractivity contribution in [3.8, 4) is 0 Å². The van der Waals surface area contributed by atoms with Gasteiger partial charge in [-0.2, -0.15) is 10.1 Å². The zero-order valence-corrected chi connectivity index (χ0v) is 13.5. The predicted octanol–water partition coefficient (Wildman–Crippen LogP) is 1.34. The SMILES string of the molecule is Cl.Cn1nc(C2CCNCC2)nc1NC(=O)C1=CCCCO1. The van der Waals surface area contributed by atoms with E-state index in [4.69, 9.17) is 4.74 Å². The largest absolute Gasteiger partial charge is 0.488 e. The summed E-state index contributed by atoms with van der Waals surface area (Å²) in [4.78, 5) is 16.6. The molecule has 1 saturated heterocycles. The minimum absolute atomic E-state index is 0. The van der Waals surface area contributed by atoms with Crippen molar-refractivity contribution < 1.29 is 9.53 Å². The molecule has 7 nitrogen and oxygen atoms in total. The van der Waals surface area contributed by atoms with Crippen LogP contribution in [0.25, 0.3) is 0 Å². The molecule has 0 radical (unpaired) electrons. The standard InChI is InChI=1S/C14H21N5O2.ClH/c1-19-14(17-13(20)11-4-2-3-9-21-11)16-12(18-19)10-5-7-15-8-6-10;/h4,10,15H,2-3,5-9H2,1H3,(H,16,17,18,20);1H. The Morgan fingerprint density at radius 3 is 2.91 bits per heavy atom. The third-order valence-electron chi connectivity index (χ3n) is 3.87. The van der Waals surface area contributed by atoms with Crippen molar-refractivity contribution in [2.45, 2.75) is 31.6 Å². The minimum Gasteiger partial charge on any atom is -0.488 e. The van der Waals surface area contributed by atoms with Crippen molar-refractivity contribution in [1.82, 2.24) is 20.1 Å². The summed E-state index contributed by atoms with van der Waals surface area (Å²) in [5.41, 5.74) is 0. The summed E-state index contributed by atoms with van der Waals surface area (Å²) in [6, 6.07) is 0. The number of nitrogens with zero attached hydrogens (tertiary/aromatic N) is 3. The molecule has 1 amide bonds. The van der Waals surface area contributed by atoms with E-state index in [9.17, 15) is 4.79 Å². The molecule has 2 aliphatic rings. The highest BCUT2D eigenvalue weighted by Gasteiger charge is 2.22. The van der Waals surface area contributed by atoms with Crippen LogP contribution in [0.1, 0.15) is 37.4 Å². The fourth-order valence-corrected chi connectivity index (χ4v) is 2.65. The lowest BCUT2D eigenvalue weighted by Crippen LogP contribution is -2.27. The van der Waals surface area contributed by atoms with Crippen LogP contribution < -0.4 is 10.6 Å². The third-order valence-corrected chi connectivity index (χ3v) is 3.87. The van der Waals surface area contributed by atoms with Gasteiger partial charge < -0.3 is 10.1 Å². The van der Waals surface area contributed by atoms with Crippen LogP contribution in [0.2, 0.25) is 0 Å². The van der Waals surface area contributed by atoms with E-state index >= 15 is 0 Å². The lowest BCUT2D eigenvalue weighted by atomic mass is 9.98. The van der Waals surface area contributed by atoms with Gasteiger partial charge in [-0.3, -0.25) is 10.1 Å². The molecule has 0 unspecified atom stereocenters. The molecule has 0 spiro atoms. The van der Waals surface area contributed by atoms with Crippen LogP contribution in [-0.2, 0) is 16.6 Å². The third kappa shape index (κ3) is 3.78. The number of carbonyl (C=O) groups is 1. The normalized spacial score (nSPS) is 18.9. The smallest absolute Gasteiger partial charge is 0.292 e. The van der Waals surface area contributed by atoms with Crippen molar-refractivity contribution in [1.29, 1.82) is 0 Å². The number of piperidine rings is 1. The molecule has 22 heavy (non-hydrogen) atoms. The number of aromatic nitrogens is 3. The maximum absolute atomic E-state index is 12.1. The number of carbonyl (C=O) groups excluding carboxylic acids is 1. The molecule has 0 bridgehead atoms. The topological polar surface area (TPSA) is 81.1 Å². The van der Waals surface area contributed by atoms with Crippen LogP contribution >= 0.6 is 12.4 Å². The van der Waals surface area contributed by atoms with E-state index in [-0.39, 0.29) is 18.3 Å². The second kappa shape index (κ2) is 7.60. The Morgan fingerprint density at radius 1 is 1.45 bits per heavy atom. The highest BCUT2D eigenvalue weighted by molar-refractivity contribution is 6.01. The van der Waals surface area contributed by atoms with E-state index in [0.717, 1.165) is 44.6 Å². The molecule has 2 N–H and O–H groups in total. The summed E-state index contributed by atoms with van der Waals surface area (Å²) >= 11 is 0. The minimum atomic E-state index is -0.248. The zero-order chi connectivity index (χ0) is 14.7. The molecule has 3 heterocycles. The summed E-state index contributed by atoms with van der Waals surface area (Å²) < 4.78 is 6.98. The van der Waals surface area contributed by atoms with Gasteiger partial charge in [-0.25, -0.2) is 4.68 Å². The zero-order valence-electron chi connectivity index (χ0n) is 12.7. The van der Waals surface area contributed by atoms with Gasteiger partial charge in [-0.05, 0) is 44.8 Å². The summed E-state index contributed by atoms with van der Waals surface area (Å²) in [7, 11) is 1.79. The molecule has 1 aromatic heterocycles. The van der Waals surface area contributed by atoms with Gasteiger partial charge in [0.15, 0.2) is 11.6 Å². The Kier molecular flexibility index (Phi) is 5.79. The Labute approximate surface area is 135 Å². The van der Waals surface area contributed by atoms with Crippen molar-refractivity contribution in [3.63, 3.8) is 0 Å². The number of amides is 1. The molecule has 8 heteroatoms. The number of allylic oxidation sites excluding steroid dienone is 1. The summed E-state index contributed by atoms with van der Waals surface area (Å²) in [5, 5.41) is 10.5. The number of anilines is 1. The Bertz CT molecular complexity index is 551. The van der Waals surface area contributed by atoms with Crippen LogP contribution in [0.3, 0.4) is 0 Å². The Hall–Kier alpha value is -1.60. The molecule has 122 valence electrons. The van der Waals surface area contributed by atoms with Gasteiger partial charge in [0, 0.05) is 13.0 Å². The monoisotopic (exact) mass is 327 g/mol. The van der Waals surface area contributed by atoms with E-state index in [1.165, 1.54) is 0 Å². The Morgan fingerprint density at radius 2 is 2.23 bits per heavy atom. The van der Waals surface area contributed by atoms with Crippen LogP contribution in [0.15, 0.2) is 11.8 Å². The van der Waals surface area contributed by atoms with Crippen molar-refractivity contribution >= 4 is 24.3 Å². The fraction of sp³-hybridized carbons (Fsp3) is 0.643. The summed E-state index contributed by atoms with van der Waals surface area (Å²) in [6.07, 6.45) is 5.72. The lowest BCUT2D eigenvalue weighted by Gasteiger charge is -2.19. The van der Waals surface area contributed by atoms with Gasteiger partial charge >= 0.3 is 0 Å². The number of ether oxygens (including phenoxy) is 1. The number of rotatable bonds is 3.